The number of amides is 1. The number of carbonyl (C=O) groups excluding carboxylic acids is 1. The molecular weight excluding hydrogens is 417 g/mol. The molecule has 1 amide bonds. The number of rotatable bonds is 2. The first-order valence-electron chi connectivity index (χ1n) is 7.41. The van der Waals surface area contributed by atoms with Crippen LogP contribution >= 0.6 is 0 Å². The predicted molar refractivity (Wildman–Crippen MR) is 83.8 cm³/mol. The predicted octanol–water partition coefficient (Wildman–Crippen LogP) is 5.98. The molecule has 154 valence electrons. The van der Waals surface area contributed by atoms with Crippen molar-refractivity contribution in [3.63, 3.8) is 0 Å². The van der Waals surface area contributed by atoms with Crippen molar-refractivity contribution >= 4 is 11.6 Å². The SMILES string of the molecule is C#Cc1ccc(NC(=O)c2cc(C(F)(F)F)cc(C(F)(F)F)c2)cc1C(F)(F)F. The van der Waals surface area contributed by atoms with Gasteiger partial charge in [0.05, 0.1) is 16.7 Å². The molecule has 0 radical (unpaired) electrons. The Labute approximate surface area is 157 Å². The Bertz CT molecular complexity index is 947. The van der Waals surface area contributed by atoms with Crippen LogP contribution in [0.3, 0.4) is 0 Å². The molecule has 2 aromatic rings. The third-order valence-corrected chi connectivity index (χ3v) is 3.59. The summed E-state index contributed by atoms with van der Waals surface area (Å²) in [5.74, 6) is 0.311. The summed E-state index contributed by atoms with van der Waals surface area (Å²) in [5, 5.41) is 1.84. The van der Waals surface area contributed by atoms with E-state index in [1.807, 2.05) is 5.32 Å². The molecule has 0 saturated carbocycles. The summed E-state index contributed by atoms with van der Waals surface area (Å²) in [6, 6.07) is 2.31. The van der Waals surface area contributed by atoms with E-state index in [0.29, 0.717) is 6.07 Å². The number of halogens is 9. The molecule has 1 N–H and O–H groups in total. The Morgan fingerprint density at radius 3 is 1.72 bits per heavy atom. The van der Waals surface area contributed by atoms with Gasteiger partial charge in [-0.2, -0.15) is 39.5 Å². The Hall–Kier alpha value is -3.16. The molecule has 29 heavy (non-hydrogen) atoms. The Balaban J connectivity index is 2.47. The van der Waals surface area contributed by atoms with Gasteiger partial charge in [-0.15, -0.1) is 6.42 Å². The molecule has 0 saturated heterocycles. The lowest BCUT2D eigenvalue weighted by Crippen LogP contribution is -2.18. The molecular formula is C18H8F9NO. The molecule has 0 heterocycles. The number of hydrogen-bond acceptors (Lipinski definition) is 1. The van der Waals surface area contributed by atoms with E-state index in [9.17, 15) is 44.3 Å². The van der Waals surface area contributed by atoms with Crippen LogP contribution in [0, 0.1) is 12.3 Å². The van der Waals surface area contributed by atoms with E-state index < -0.39 is 57.9 Å². The molecule has 2 rings (SSSR count). The van der Waals surface area contributed by atoms with Crippen molar-refractivity contribution in [2.75, 3.05) is 5.32 Å². The van der Waals surface area contributed by atoms with E-state index >= 15 is 0 Å². The molecule has 0 spiro atoms. The number of benzene rings is 2. The van der Waals surface area contributed by atoms with Crippen molar-refractivity contribution in [3.8, 4) is 12.3 Å². The molecule has 0 aliphatic rings. The van der Waals surface area contributed by atoms with Crippen LogP contribution in [0.25, 0.3) is 0 Å². The monoisotopic (exact) mass is 425 g/mol. The van der Waals surface area contributed by atoms with E-state index in [1.54, 1.807) is 5.92 Å². The number of carbonyl (C=O) groups is 1. The Morgan fingerprint density at radius 2 is 1.31 bits per heavy atom. The van der Waals surface area contributed by atoms with E-state index in [4.69, 9.17) is 6.42 Å². The van der Waals surface area contributed by atoms with Gasteiger partial charge in [0.1, 0.15) is 0 Å². The second-order valence-corrected chi connectivity index (χ2v) is 5.65. The maximum Gasteiger partial charge on any atom is 0.417 e. The lowest BCUT2D eigenvalue weighted by atomic mass is 10.0. The molecule has 0 atom stereocenters. The zero-order valence-corrected chi connectivity index (χ0v) is 13.9. The van der Waals surface area contributed by atoms with Crippen LogP contribution in [0.2, 0.25) is 0 Å². The summed E-state index contributed by atoms with van der Waals surface area (Å²) >= 11 is 0. The van der Waals surface area contributed by atoms with Gasteiger partial charge in [-0.25, -0.2) is 0 Å². The van der Waals surface area contributed by atoms with Crippen molar-refractivity contribution < 1.29 is 44.3 Å². The fourth-order valence-electron chi connectivity index (χ4n) is 2.27. The van der Waals surface area contributed by atoms with Gasteiger partial charge in [-0.1, -0.05) is 5.92 Å². The zero-order chi connectivity index (χ0) is 22.2. The van der Waals surface area contributed by atoms with Crippen LogP contribution in [0.1, 0.15) is 32.6 Å². The molecule has 0 bridgehead atoms. The summed E-state index contributed by atoms with van der Waals surface area (Å²) < 4.78 is 116. The highest BCUT2D eigenvalue weighted by atomic mass is 19.4. The second kappa shape index (κ2) is 7.35. The Morgan fingerprint density at radius 1 is 0.793 bits per heavy atom. The van der Waals surface area contributed by atoms with E-state index in [-0.39, 0.29) is 18.2 Å². The first-order valence-corrected chi connectivity index (χ1v) is 7.41. The number of hydrogen-bond donors (Lipinski definition) is 1. The number of nitrogens with one attached hydrogen (secondary N) is 1. The van der Waals surface area contributed by atoms with E-state index in [1.165, 1.54) is 0 Å². The van der Waals surface area contributed by atoms with Crippen LogP contribution in [0.4, 0.5) is 45.2 Å². The quantitative estimate of drug-likeness (QED) is 0.466. The fraction of sp³-hybridized carbons (Fsp3) is 0.167. The molecule has 0 fully saturated rings. The third-order valence-electron chi connectivity index (χ3n) is 3.59. The highest BCUT2D eigenvalue weighted by molar-refractivity contribution is 6.04. The average molecular weight is 425 g/mol. The second-order valence-electron chi connectivity index (χ2n) is 5.65. The van der Waals surface area contributed by atoms with E-state index in [2.05, 4.69) is 0 Å². The van der Waals surface area contributed by atoms with Crippen molar-refractivity contribution in [1.82, 2.24) is 0 Å². The molecule has 0 aliphatic heterocycles. The largest absolute Gasteiger partial charge is 0.417 e. The summed E-state index contributed by atoms with van der Waals surface area (Å²) in [6.07, 6.45) is -10.3. The summed E-state index contributed by atoms with van der Waals surface area (Å²) in [5.41, 5.74) is -6.91. The fourth-order valence-corrected chi connectivity index (χ4v) is 2.27. The highest BCUT2D eigenvalue weighted by Gasteiger charge is 2.38. The van der Waals surface area contributed by atoms with Gasteiger partial charge < -0.3 is 5.32 Å². The van der Waals surface area contributed by atoms with Gasteiger partial charge in [0.25, 0.3) is 5.91 Å². The van der Waals surface area contributed by atoms with Crippen LogP contribution in [0.5, 0.6) is 0 Å². The molecule has 0 unspecified atom stereocenters. The summed E-state index contributed by atoms with van der Waals surface area (Å²) in [4.78, 5) is 12.1. The van der Waals surface area contributed by atoms with Crippen LogP contribution < -0.4 is 5.32 Å². The minimum Gasteiger partial charge on any atom is -0.322 e. The maximum absolute atomic E-state index is 13.0. The van der Waals surface area contributed by atoms with Gasteiger partial charge in [0.15, 0.2) is 0 Å². The standard InChI is InChI=1S/C18H8F9NO/c1-2-9-3-4-13(8-14(9)18(25,26)27)28-15(29)10-5-11(16(19,20)21)7-12(6-10)17(22,23)24/h1,3-8H,(H,28,29). The van der Waals surface area contributed by atoms with Crippen molar-refractivity contribution in [2.45, 2.75) is 18.5 Å². The van der Waals surface area contributed by atoms with Crippen LogP contribution in [-0.4, -0.2) is 5.91 Å². The minimum absolute atomic E-state index is 0.158. The smallest absolute Gasteiger partial charge is 0.322 e. The van der Waals surface area contributed by atoms with Gasteiger partial charge in [-0.3, -0.25) is 4.79 Å². The number of terminal acetylenes is 1. The minimum atomic E-state index is -5.19. The zero-order valence-electron chi connectivity index (χ0n) is 13.9. The highest BCUT2D eigenvalue weighted by Crippen LogP contribution is 2.37. The first-order chi connectivity index (χ1) is 13.1. The molecule has 2 aromatic carbocycles. The van der Waals surface area contributed by atoms with Gasteiger partial charge in [0.2, 0.25) is 0 Å². The third kappa shape index (κ3) is 5.22. The van der Waals surface area contributed by atoms with Crippen molar-refractivity contribution in [2.24, 2.45) is 0 Å². The molecule has 0 aliphatic carbocycles. The summed E-state index contributed by atoms with van der Waals surface area (Å²) in [6.45, 7) is 0. The van der Waals surface area contributed by atoms with Crippen LogP contribution in [0.15, 0.2) is 36.4 Å². The van der Waals surface area contributed by atoms with Gasteiger partial charge in [-0.05, 0) is 36.4 Å². The van der Waals surface area contributed by atoms with Crippen LogP contribution in [-0.2, 0) is 18.5 Å². The van der Waals surface area contributed by atoms with E-state index in [0.717, 1.165) is 12.1 Å². The summed E-state index contributed by atoms with van der Waals surface area (Å²) in [7, 11) is 0. The lowest BCUT2D eigenvalue weighted by Gasteiger charge is -2.15. The van der Waals surface area contributed by atoms with Gasteiger partial charge >= 0.3 is 18.5 Å². The van der Waals surface area contributed by atoms with Crippen molar-refractivity contribution in [3.05, 3.63) is 64.2 Å². The van der Waals surface area contributed by atoms with Crippen molar-refractivity contribution in [1.29, 1.82) is 0 Å². The normalized spacial score (nSPS) is 12.4. The maximum atomic E-state index is 13.0. The lowest BCUT2D eigenvalue weighted by molar-refractivity contribution is -0.143. The molecule has 0 aromatic heterocycles. The topological polar surface area (TPSA) is 29.1 Å². The first kappa shape index (κ1) is 22.1. The Kier molecular flexibility index (Phi) is 5.61. The number of alkyl halides is 9. The average Bonchev–Trinajstić information content (AvgIpc) is 2.59. The molecule has 11 heteroatoms. The van der Waals surface area contributed by atoms with Gasteiger partial charge in [0, 0.05) is 16.8 Å². The number of anilines is 1. The molecule has 2 nitrogen and oxygen atoms in total.